The Morgan fingerprint density at radius 2 is 1.90 bits per heavy atom. The van der Waals surface area contributed by atoms with E-state index in [4.69, 9.17) is 0 Å². The summed E-state index contributed by atoms with van der Waals surface area (Å²) in [7, 11) is -2.15. The van der Waals surface area contributed by atoms with E-state index in [1.165, 1.54) is 24.1 Å². The van der Waals surface area contributed by atoms with Gasteiger partial charge in [0.1, 0.15) is 6.54 Å². The number of likely N-dealkylation sites (N-methyl/N-ethyl adjacent to an activating group) is 1. The van der Waals surface area contributed by atoms with Gasteiger partial charge in [0.25, 0.3) is 5.91 Å². The van der Waals surface area contributed by atoms with Crippen molar-refractivity contribution in [3.8, 4) is 0 Å². The van der Waals surface area contributed by atoms with Crippen LogP contribution >= 0.6 is 0 Å². The maximum atomic E-state index is 12.5. The highest BCUT2D eigenvalue weighted by molar-refractivity contribution is 7.90. The third-order valence-corrected chi connectivity index (χ3v) is 4.19. The number of methoxy groups -OCH3 is 1. The summed E-state index contributed by atoms with van der Waals surface area (Å²) < 4.78 is 27.7. The van der Waals surface area contributed by atoms with Crippen molar-refractivity contribution in [3.05, 3.63) is 29.3 Å². The molecule has 0 saturated heterocycles. The number of benzene rings is 1. The van der Waals surface area contributed by atoms with E-state index in [2.05, 4.69) is 4.74 Å². The molecule has 0 saturated carbocycles. The molecule has 6 nitrogen and oxygen atoms in total. The number of hydrogen-bond donors (Lipinski definition) is 0. The molecule has 0 spiro atoms. The van der Waals surface area contributed by atoms with Crippen LogP contribution in [-0.4, -0.2) is 51.6 Å². The van der Waals surface area contributed by atoms with Crippen LogP contribution in [0.2, 0.25) is 0 Å². The lowest BCUT2D eigenvalue weighted by Gasteiger charge is -2.20. The van der Waals surface area contributed by atoms with Gasteiger partial charge < -0.3 is 9.64 Å². The second-order valence-corrected chi connectivity index (χ2v) is 6.66. The third kappa shape index (κ3) is 4.29. The molecule has 0 fully saturated rings. The first-order valence-corrected chi connectivity index (χ1v) is 8.26. The smallest absolute Gasteiger partial charge is 0.325 e. The Hall–Kier alpha value is -1.89. The van der Waals surface area contributed by atoms with Gasteiger partial charge in [0.15, 0.2) is 9.84 Å². The van der Waals surface area contributed by atoms with Gasteiger partial charge in [-0.25, -0.2) is 8.42 Å². The fraction of sp³-hybridized carbons (Fsp3) is 0.429. The number of nitrogens with zero attached hydrogens (tertiary/aromatic N) is 1. The summed E-state index contributed by atoms with van der Waals surface area (Å²) in [5.74, 6) is -0.923. The van der Waals surface area contributed by atoms with Crippen LogP contribution in [0.4, 0.5) is 0 Å². The maximum absolute atomic E-state index is 12.5. The van der Waals surface area contributed by atoms with E-state index in [0.29, 0.717) is 12.1 Å². The van der Waals surface area contributed by atoms with Gasteiger partial charge >= 0.3 is 5.97 Å². The number of esters is 1. The molecule has 116 valence electrons. The van der Waals surface area contributed by atoms with Crippen molar-refractivity contribution >= 4 is 21.7 Å². The van der Waals surface area contributed by atoms with Gasteiger partial charge in [0.05, 0.1) is 12.0 Å². The number of carbonyl (C=O) groups excluding carboxylic acids is 2. The van der Waals surface area contributed by atoms with E-state index >= 15 is 0 Å². The van der Waals surface area contributed by atoms with E-state index in [1.807, 2.05) is 0 Å². The zero-order valence-corrected chi connectivity index (χ0v) is 13.4. The van der Waals surface area contributed by atoms with Crippen molar-refractivity contribution in [2.24, 2.45) is 0 Å². The zero-order valence-electron chi connectivity index (χ0n) is 12.5. The standard InChI is InChI=1S/C14H19NO5S/c1-5-15(9-13(16)20-3)14(17)12-8-11(21(4,18)19)7-6-10(12)2/h6-8H,5,9H2,1-4H3. The highest BCUT2D eigenvalue weighted by Crippen LogP contribution is 2.17. The fourth-order valence-electron chi connectivity index (χ4n) is 1.78. The van der Waals surface area contributed by atoms with Gasteiger partial charge in [-0.2, -0.15) is 0 Å². The lowest BCUT2D eigenvalue weighted by Crippen LogP contribution is -2.36. The Balaban J connectivity index is 3.19. The lowest BCUT2D eigenvalue weighted by atomic mass is 10.1. The summed E-state index contributed by atoms with van der Waals surface area (Å²) in [5, 5.41) is 0. The molecule has 0 aliphatic carbocycles. The number of ether oxygens (including phenoxy) is 1. The minimum Gasteiger partial charge on any atom is -0.468 e. The van der Waals surface area contributed by atoms with E-state index in [1.54, 1.807) is 19.9 Å². The predicted octanol–water partition coefficient (Wildman–Crippen LogP) is 1.03. The molecule has 0 bridgehead atoms. The van der Waals surface area contributed by atoms with Gasteiger partial charge in [-0.15, -0.1) is 0 Å². The van der Waals surface area contributed by atoms with Gasteiger partial charge in [0.2, 0.25) is 0 Å². The molecule has 21 heavy (non-hydrogen) atoms. The quantitative estimate of drug-likeness (QED) is 0.759. The van der Waals surface area contributed by atoms with Crippen LogP contribution in [0.25, 0.3) is 0 Å². The molecule has 1 aromatic rings. The average Bonchev–Trinajstić information content (AvgIpc) is 2.42. The van der Waals surface area contributed by atoms with Crippen LogP contribution in [0, 0.1) is 6.92 Å². The first-order chi connectivity index (χ1) is 9.70. The Morgan fingerprint density at radius 1 is 1.29 bits per heavy atom. The molecule has 0 heterocycles. The number of amides is 1. The molecular weight excluding hydrogens is 294 g/mol. The molecular formula is C14H19NO5S. The van der Waals surface area contributed by atoms with Crippen LogP contribution < -0.4 is 0 Å². The molecule has 0 aliphatic heterocycles. The van der Waals surface area contributed by atoms with Crippen molar-refractivity contribution in [1.29, 1.82) is 0 Å². The van der Waals surface area contributed by atoms with Gasteiger partial charge in [-0.3, -0.25) is 9.59 Å². The SMILES string of the molecule is CCN(CC(=O)OC)C(=O)c1cc(S(C)(=O)=O)ccc1C. The summed E-state index contributed by atoms with van der Waals surface area (Å²) in [6.07, 6.45) is 1.08. The van der Waals surface area contributed by atoms with E-state index in [9.17, 15) is 18.0 Å². The lowest BCUT2D eigenvalue weighted by molar-refractivity contribution is -0.141. The molecule has 0 aliphatic rings. The minimum atomic E-state index is -3.40. The van der Waals surface area contributed by atoms with Crippen molar-refractivity contribution in [2.75, 3.05) is 26.5 Å². The third-order valence-electron chi connectivity index (χ3n) is 3.08. The van der Waals surface area contributed by atoms with E-state index in [-0.39, 0.29) is 17.0 Å². The van der Waals surface area contributed by atoms with Gasteiger partial charge in [-0.1, -0.05) is 6.07 Å². The molecule has 1 aromatic carbocycles. The number of sulfone groups is 1. The first-order valence-electron chi connectivity index (χ1n) is 6.37. The Morgan fingerprint density at radius 3 is 2.38 bits per heavy atom. The molecule has 0 atom stereocenters. The number of rotatable bonds is 5. The molecule has 0 aromatic heterocycles. The minimum absolute atomic E-state index is 0.0746. The molecule has 0 N–H and O–H groups in total. The van der Waals surface area contributed by atoms with Crippen LogP contribution in [0.3, 0.4) is 0 Å². The van der Waals surface area contributed by atoms with Crippen LogP contribution in [0.15, 0.2) is 23.1 Å². The molecule has 7 heteroatoms. The Labute approximate surface area is 124 Å². The highest BCUT2D eigenvalue weighted by atomic mass is 32.2. The van der Waals surface area contributed by atoms with Crippen LogP contribution in [0.1, 0.15) is 22.8 Å². The normalized spacial score (nSPS) is 11.0. The summed E-state index contributed by atoms with van der Waals surface area (Å²) in [4.78, 5) is 25.1. The van der Waals surface area contributed by atoms with Crippen LogP contribution in [-0.2, 0) is 19.4 Å². The highest BCUT2D eigenvalue weighted by Gasteiger charge is 2.21. The van der Waals surface area contributed by atoms with Crippen molar-refractivity contribution in [3.63, 3.8) is 0 Å². The maximum Gasteiger partial charge on any atom is 0.325 e. The molecule has 1 amide bonds. The monoisotopic (exact) mass is 313 g/mol. The summed E-state index contributed by atoms with van der Waals surface area (Å²) in [5.41, 5.74) is 0.916. The largest absolute Gasteiger partial charge is 0.468 e. The predicted molar refractivity (Wildman–Crippen MR) is 77.9 cm³/mol. The molecule has 0 unspecified atom stereocenters. The average molecular weight is 313 g/mol. The van der Waals surface area contributed by atoms with Crippen molar-refractivity contribution in [2.45, 2.75) is 18.7 Å². The molecule has 1 rings (SSSR count). The first kappa shape index (κ1) is 17.2. The summed E-state index contributed by atoms with van der Waals surface area (Å²) in [6, 6.07) is 4.38. The number of carbonyl (C=O) groups is 2. The van der Waals surface area contributed by atoms with Crippen molar-refractivity contribution < 1.29 is 22.7 Å². The molecule has 0 radical (unpaired) electrons. The summed E-state index contributed by atoms with van der Waals surface area (Å²) >= 11 is 0. The Kier molecular flexibility index (Phi) is 5.48. The van der Waals surface area contributed by atoms with E-state index in [0.717, 1.165) is 6.26 Å². The van der Waals surface area contributed by atoms with Crippen molar-refractivity contribution in [1.82, 2.24) is 4.90 Å². The number of aryl methyl sites for hydroxylation is 1. The Bertz CT molecular complexity index is 651. The number of hydrogen-bond acceptors (Lipinski definition) is 5. The van der Waals surface area contributed by atoms with E-state index < -0.39 is 21.7 Å². The second-order valence-electron chi connectivity index (χ2n) is 4.64. The summed E-state index contributed by atoms with van der Waals surface area (Å²) in [6.45, 7) is 3.59. The zero-order chi connectivity index (χ0) is 16.2. The van der Waals surface area contributed by atoms with Gasteiger partial charge in [-0.05, 0) is 31.5 Å². The van der Waals surface area contributed by atoms with Crippen LogP contribution in [0.5, 0.6) is 0 Å². The topological polar surface area (TPSA) is 80.8 Å². The fourth-order valence-corrected chi connectivity index (χ4v) is 2.43. The van der Waals surface area contributed by atoms with Gasteiger partial charge in [0, 0.05) is 18.4 Å². The second kappa shape index (κ2) is 6.71.